The summed E-state index contributed by atoms with van der Waals surface area (Å²) < 4.78 is 0. The van der Waals surface area contributed by atoms with Crippen LogP contribution in [0.4, 0.5) is 0 Å². The summed E-state index contributed by atoms with van der Waals surface area (Å²) in [6, 6.07) is 1.28. The standard InChI is InChI=1S/C11H23N3/c1-13(2)5-6-14-8-9-3-4-10(14)7-11(9)12/h9-11H,3-8,12H2,1-2H3. The van der Waals surface area contributed by atoms with Gasteiger partial charge in [-0.15, -0.1) is 0 Å². The summed E-state index contributed by atoms with van der Waals surface area (Å²) in [5.74, 6) is 0.780. The summed E-state index contributed by atoms with van der Waals surface area (Å²) in [6.07, 6.45) is 3.98. The fourth-order valence-electron chi connectivity index (χ4n) is 2.86. The normalized spacial score (nSPS) is 38.1. The maximum absolute atomic E-state index is 6.10. The van der Waals surface area contributed by atoms with E-state index in [0.717, 1.165) is 12.0 Å². The van der Waals surface area contributed by atoms with Crippen molar-refractivity contribution >= 4 is 0 Å². The Balaban J connectivity index is 1.84. The van der Waals surface area contributed by atoms with Crippen LogP contribution in [0.2, 0.25) is 0 Å². The SMILES string of the molecule is CN(C)CCN1CC2CCC1CC2N. The summed E-state index contributed by atoms with van der Waals surface area (Å²) in [5.41, 5.74) is 6.10. The lowest BCUT2D eigenvalue weighted by Gasteiger charge is -2.48. The smallest absolute Gasteiger partial charge is 0.0112 e. The number of likely N-dealkylation sites (N-methyl/N-ethyl adjacent to an activating group) is 1. The molecule has 0 aromatic carbocycles. The molecular weight excluding hydrogens is 174 g/mol. The van der Waals surface area contributed by atoms with Crippen molar-refractivity contribution in [3.8, 4) is 0 Å². The summed E-state index contributed by atoms with van der Waals surface area (Å²) in [4.78, 5) is 4.92. The largest absolute Gasteiger partial charge is 0.327 e. The first-order valence-electron chi connectivity index (χ1n) is 5.81. The molecule has 3 rings (SSSR count). The van der Waals surface area contributed by atoms with Crippen LogP contribution in [-0.2, 0) is 0 Å². The molecular formula is C11H23N3. The average molecular weight is 197 g/mol. The van der Waals surface area contributed by atoms with Gasteiger partial charge in [-0.3, -0.25) is 4.90 Å². The molecule has 0 amide bonds. The van der Waals surface area contributed by atoms with Crippen LogP contribution in [0.1, 0.15) is 19.3 Å². The second kappa shape index (κ2) is 4.17. The van der Waals surface area contributed by atoms with E-state index in [1.807, 2.05) is 0 Å². The van der Waals surface area contributed by atoms with Crippen LogP contribution in [-0.4, -0.2) is 55.6 Å². The number of fused-ring (bicyclic) bond motifs is 3. The number of hydrogen-bond donors (Lipinski definition) is 1. The first kappa shape index (κ1) is 10.4. The number of piperidine rings is 2. The highest BCUT2D eigenvalue weighted by molar-refractivity contribution is 4.95. The van der Waals surface area contributed by atoms with Crippen molar-refractivity contribution in [2.45, 2.75) is 31.3 Å². The Bertz CT molecular complexity index is 193. The van der Waals surface area contributed by atoms with Crippen LogP contribution in [0.25, 0.3) is 0 Å². The Kier molecular flexibility index (Phi) is 3.10. The number of nitrogens with zero attached hydrogens (tertiary/aromatic N) is 2. The molecule has 3 nitrogen and oxygen atoms in total. The molecule has 0 aromatic rings. The molecule has 0 aromatic heterocycles. The third kappa shape index (κ3) is 2.10. The fourth-order valence-corrected chi connectivity index (χ4v) is 2.86. The van der Waals surface area contributed by atoms with Crippen molar-refractivity contribution in [1.29, 1.82) is 0 Å². The molecule has 2 heterocycles. The molecule has 3 unspecified atom stereocenters. The minimum absolute atomic E-state index is 0.490. The minimum atomic E-state index is 0.490. The van der Waals surface area contributed by atoms with Gasteiger partial charge in [0.25, 0.3) is 0 Å². The summed E-state index contributed by atoms with van der Waals surface area (Å²) in [6.45, 7) is 3.65. The van der Waals surface area contributed by atoms with Gasteiger partial charge in [-0.1, -0.05) is 0 Å². The summed E-state index contributed by atoms with van der Waals surface area (Å²) in [7, 11) is 4.29. The van der Waals surface area contributed by atoms with E-state index in [1.165, 1.54) is 38.9 Å². The Morgan fingerprint density at radius 2 is 2.14 bits per heavy atom. The topological polar surface area (TPSA) is 32.5 Å². The van der Waals surface area contributed by atoms with Crippen LogP contribution < -0.4 is 5.73 Å². The predicted molar refractivity (Wildman–Crippen MR) is 59.2 cm³/mol. The molecule has 3 atom stereocenters. The Morgan fingerprint density at radius 1 is 1.36 bits per heavy atom. The quantitative estimate of drug-likeness (QED) is 0.709. The van der Waals surface area contributed by atoms with Gasteiger partial charge in [-0.2, -0.15) is 0 Å². The molecule has 2 N–H and O–H groups in total. The van der Waals surface area contributed by atoms with Crippen molar-refractivity contribution in [2.24, 2.45) is 11.7 Å². The number of hydrogen-bond acceptors (Lipinski definition) is 3. The number of rotatable bonds is 3. The molecule has 0 spiro atoms. The van der Waals surface area contributed by atoms with Crippen molar-refractivity contribution in [3.05, 3.63) is 0 Å². The highest BCUT2D eigenvalue weighted by Gasteiger charge is 2.38. The average Bonchev–Trinajstić information content (AvgIpc) is 2.16. The van der Waals surface area contributed by atoms with E-state index in [9.17, 15) is 0 Å². The zero-order valence-electron chi connectivity index (χ0n) is 9.45. The lowest BCUT2D eigenvalue weighted by Crippen LogP contribution is -2.57. The van der Waals surface area contributed by atoms with E-state index in [2.05, 4.69) is 23.9 Å². The van der Waals surface area contributed by atoms with E-state index in [1.54, 1.807) is 0 Å². The first-order chi connectivity index (χ1) is 6.66. The molecule has 2 bridgehead atoms. The molecule has 0 radical (unpaired) electrons. The van der Waals surface area contributed by atoms with Gasteiger partial charge in [0.2, 0.25) is 0 Å². The molecule has 82 valence electrons. The zero-order chi connectivity index (χ0) is 10.1. The summed E-state index contributed by atoms with van der Waals surface area (Å²) in [5, 5.41) is 0. The van der Waals surface area contributed by atoms with Gasteiger partial charge >= 0.3 is 0 Å². The van der Waals surface area contributed by atoms with Gasteiger partial charge in [-0.05, 0) is 39.3 Å². The Hall–Kier alpha value is -0.120. The molecule has 2 aliphatic heterocycles. The van der Waals surface area contributed by atoms with E-state index in [-0.39, 0.29) is 0 Å². The molecule has 3 heteroatoms. The van der Waals surface area contributed by atoms with Gasteiger partial charge in [0.05, 0.1) is 0 Å². The van der Waals surface area contributed by atoms with Crippen molar-refractivity contribution < 1.29 is 0 Å². The third-order valence-corrected chi connectivity index (χ3v) is 3.84. The molecule has 1 saturated carbocycles. The predicted octanol–water partition coefficient (Wildman–Crippen LogP) is 0.360. The van der Waals surface area contributed by atoms with Crippen LogP contribution in [0, 0.1) is 5.92 Å². The maximum Gasteiger partial charge on any atom is 0.0112 e. The maximum atomic E-state index is 6.10. The van der Waals surface area contributed by atoms with Gasteiger partial charge in [-0.25, -0.2) is 0 Å². The van der Waals surface area contributed by atoms with E-state index < -0.39 is 0 Å². The highest BCUT2D eigenvalue weighted by atomic mass is 15.2. The van der Waals surface area contributed by atoms with Crippen LogP contribution in [0.5, 0.6) is 0 Å². The lowest BCUT2D eigenvalue weighted by atomic mass is 9.76. The Labute approximate surface area is 87.2 Å². The first-order valence-corrected chi connectivity index (χ1v) is 5.81. The molecule has 2 saturated heterocycles. The zero-order valence-corrected chi connectivity index (χ0v) is 9.45. The van der Waals surface area contributed by atoms with Gasteiger partial charge in [0.1, 0.15) is 0 Å². The van der Waals surface area contributed by atoms with Crippen molar-refractivity contribution in [3.63, 3.8) is 0 Å². The fraction of sp³-hybridized carbons (Fsp3) is 1.00. The highest BCUT2D eigenvalue weighted by Crippen LogP contribution is 2.33. The van der Waals surface area contributed by atoms with Crippen LogP contribution in [0.15, 0.2) is 0 Å². The Morgan fingerprint density at radius 3 is 2.64 bits per heavy atom. The van der Waals surface area contributed by atoms with Gasteiger partial charge in [0.15, 0.2) is 0 Å². The van der Waals surface area contributed by atoms with E-state index in [0.29, 0.717) is 6.04 Å². The van der Waals surface area contributed by atoms with Crippen molar-refractivity contribution in [2.75, 3.05) is 33.7 Å². The summed E-state index contributed by atoms with van der Waals surface area (Å²) >= 11 is 0. The monoisotopic (exact) mass is 197 g/mol. The van der Waals surface area contributed by atoms with Gasteiger partial charge in [0, 0.05) is 31.7 Å². The lowest BCUT2D eigenvalue weighted by molar-refractivity contribution is 0.0302. The second-order valence-corrected chi connectivity index (χ2v) is 5.19. The molecule has 3 fully saturated rings. The van der Waals surface area contributed by atoms with Crippen molar-refractivity contribution in [1.82, 2.24) is 9.80 Å². The molecule has 3 aliphatic rings. The molecule has 14 heavy (non-hydrogen) atoms. The second-order valence-electron chi connectivity index (χ2n) is 5.19. The van der Waals surface area contributed by atoms with Gasteiger partial charge < -0.3 is 10.6 Å². The van der Waals surface area contributed by atoms with Crippen LogP contribution >= 0.6 is 0 Å². The van der Waals surface area contributed by atoms with E-state index >= 15 is 0 Å². The van der Waals surface area contributed by atoms with E-state index in [4.69, 9.17) is 5.73 Å². The third-order valence-electron chi connectivity index (χ3n) is 3.84. The number of nitrogens with two attached hydrogens (primary N) is 1. The molecule has 1 aliphatic carbocycles. The van der Waals surface area contributed by atoms with Crippen LogP contribution in [0.3, 0.4) is 0 Å². The minimum Gasteiger partial charge on any atom is -0.327 e.